The van der Waals surface area contributed by atoms with Crippen LogP contribution in [0.1, 0.15) is 29.8 Å². The van der Waals surface area contributed by atoms with Gasteiger partial charge in [-0.1, -0.05) is 65.2 Å². The van der Waals surface area contributed by atoms with Gasteiger partial charge in [-0.25, -0.2) is 5.01 Å². The summed E-state index contributed by atoms with van der Waals surface area (Å²) in [5, 5.41) is 7.96. The maximum Gasteiger partial charge on any atom is 0.198 e. The smallest absolute Gasteiger partial charge is 0.198 e. The number of methoxy groups -OCH3 is 1. The lowest BCUT2D eigenvalue weighted by Gasteiger charge is -2.33. The van der Waals surface area contributed by atoms with Gasteiger partial charge in [-0.05, 0) is 55.5 Å². The van der Waals surface area contributed by atoms with Crippen LogP contribution in [-0.2, 0) is 16.1 Å². The van der Waals surface area contributed by atoms with Gasteiger partial charge >= 0.3 is 0 Å². The van der Waals surface area contributed by atoms with Gasteiger partial charge in [0.05, 0.1) is 36.7 Å². The average Bonchev–Trinajstić information content (AvgIpc) is 3.46. The molecule has 0 amide bonds. The van der Waals surface area contributed by atoms with E-state index in [-0.39, 0.29) is 12.4 Å². The maximum absolute atomic E-state index is 13.2. The monoisotopic (exact) mass is 644 g/mol. The fraction of sp³-hybridized carbons (Fsp3) is 0.257. The van der Waals surface area contributed by atoms with Gasteiger partial charge in [0, 0.05) is 41.9 Å². The minimum Gasteiger partial charge on any atom is -0.493 e. The Balaban J connectivity index is 1.41. The topological polar surface area (TPSA) is 66.8 Å². The summed E-state index contributed by atoms with van der Waals surface area (Å²) in [5.74, 6) is 1.24. The molecule has 4 aromatic rings. The largest absolute Gasteiger partial charge is 0.493 e. The number of ether oxygens (including phenoxy) is 3. The van der Waals surface area contributed by atoms with Crippen molar-refractivity contribution in [3.8, 4) is 11.5 Å². The number of anilines is 3. The van der Waals surface area contributed by atoms with Crippen molar-refractivity contribution in [3.05, 3.63) is 112 Å². The molecule has 1 fully saturated rings. The third kappa shape index (κ3) is 6.45. The molecule has 1 atom stereocenters. The van der Waals surface area contributed by atoms with Gasteiger partial charge in [0.1, 0.15) is 6.61 Å². The molecule has 2 aliphatic rings. The number of nitrogens with zero attached hydrogens (tertiary/aromatic N) is 4. The van der Waals surface area contributed by atoms with Crippen molar-refractivity contribution in [2.45, 2.75) is 26.6 Å². The highest BCUT2D eigenvalue weighted by Gasteiger charge is 2.40. The second-order valence-electron chi connectivity index (χ2n) is 10.9. The molecule has 0 bridgehead atoms. The molecule has 0 N–H and O–H groups in total. The highest BCUT2D eigenvalue weighted by atomic mass is 35.5. The van der Waals surface area contributed by atoms with E-state index in [1.54, 1.807) is 7.11 Å². The SMILES string of the molecule is COc1cc([C@@H]2N(c3ccc(C)cc3)N=C(C(C)=O)N2c2ccc(N3CCOCC3)c(Cl)c2)ccc1OCc1ccccc1Cl. The molecule has 2 aliphatic heterocycles. The number of morpholine rings is 1. The van der Waals surface area contributed by atoms with Gasteiger partial charge in [-0.2, -0.15) is 0 Å². The second kappa shape index (κ2) is 13.4. The summed E-state index contributed by atoms with van der Waals surface area (Å²) in [6.07, 6.45) is -0.525. The molecule has 6 rings (SSSR count). The van der Waals surface area contributed by atoms with Crippen LogP contribution in [0.15, 0.2) is 90.0 Å². The van der Waals surface area contributed by atoms with E-state index in [2.05, 4.69) is 4.90 Å². The number of hydrogen-bond donors (Lipinski definition) is 0. The van der Waals surface area contributed by atoms with Crippen LogP contribution in [0, 0.1) is 6.92 Å². The summed E-state index contributed by atoms with van der Waals surface area (Å²) in [4.78, 5) is 17.3. The zero-order chi connectivity index (χ0) is 31.5. The lowest BCUT2D eigenvalue weighted by molar-refractivity contribution is -0.111. The van der Waals surface area contributed by atoms with Crippen LogP contribution in [0.2, 0.25) is 10.0 Å². The second-order valence-corrected chi connectivity index (χ2v) is 11.7. The van der Waals surface area contributed by atoms with Crippen LogP contribution in [0.5, 0.6) is 11.5 Å². The van der Waals surface area contributed by atoms with Crippen molar-refractivity contribution in [1.82, 2.24) is 0 Å². The standard InChI is InChI=1S/C35H34Cl2N4O4/c1-23-8-11-27(12-9-23)41-35(25-10-15-32(33(20-25)43-3)45-22-26-6-4-5-7-29(26)36)40(34(38-41)24(2)42)28-13-14-31(30(37)21-28)39-16-18-44-19-17-39/h4-15,20-21,35H,16-19,22H2,1-3H3/t35-/m0/s1. The third-order valence-corrected chi connectivity index (χ3v) is 8.58. The zero-order valence-corrected chi connectivity index (χ0v) is 26.9. The first-order valence-corrected chi connectivity index (χ1v) is 15.5. The number of halogens is 2. The maximum atomic E-state index is 13.2. The van der Waals surface area contributed by atoms with Gasteiger partial charge in [-0.3, -0.25) is 9.69 Å². The number of carbonyl (C=O) groups excluding carboxylic acids is 1. The number of ketones is 1. The zero-order valence-electron chi connectivity index (χ0n) is 25.4. The fourth-order valence-electron chi connectivity index (χ4n) is 5.56. The minimum absolute atomic E-state index is 0.172. The molecule has 1 saturated heterocycles. The number of hydrogen-bond acceptors (Lipinski definition) is 8. The molecule has 232 valence electrons. The van der Waals surface area contributed by atoms with Gasteiger partial charge in [-0.15, -0.1) is 5.10 Å². The molecule has 0 aliphatic carbocycles. The molecular formula is C35H34Cl2N4O4. The lowest BCUT2D eigenvalue weighted by Crippen LogP contribution is -2.38. The van der Waals surface area contributed by atoms with Gasteiger partial charge in [0.25, 0.3) is 0 Å². The normalized spacial score (nSPS) is 16.5. The van der Waals surface area contributed by atoms with Crippen molar-refractivity contribution in [1.29, 1.82) is 0 Å². The van der Waals surface area contributed by atoms with E-state index >= 15 is 0 Å². The Morgan fingerprint density at radius 1 is 0.911 bits per heavy atom. The van der Waals surface area contributed by atoms with Crippen LogP contribution in [-0.4, -0.2) is 45.0 Å². The molecule has 0 radical (unpaired) electrons. The third-order valence-electron chi connectivity index (χ3n) is 7.91. The number of Topliss-reactive ketones (excluding diaryl/α,β-unsaturated/α-hetero) is 1. The van der Waals surface area contributed by atoms with Crippen LogP contribution in [0.3, 0.4) is 0 Å². The van der Waals surface area contributed by atoms with Crippen molar-refractivity contribution in [2.75, 3.05) is 48.2 Å². The van der Waals surface area contributed by atoms with Crippen LogP contribution in [0.4, 0.5) is 17.1 Å². The molecule has 8 nitrogen and oxygen atoms in total. The fourth-order valence-corrected chi connectivity index (χ4v) is 6.05. The molecule has 45 heavy (non-hydrogen) atoms. The van der Waals surface area contributed by atoms with E-state index in [0.29, 0.717) is 40.6 Å². The molecule has 0 saturated carbocycles. The van der Waals surface area contributed by atoms with E-state index in [4.69, 9.17) is 42.5 Å². The predicted octanol–water partition coefficient (Wildman–Crippen LogP) is 7.65. The summed E-state index contributed by atoms with van der Waals surface area (Å²) < 4.78 is 17.5. The van der Waals surface area contributed by atoms with Crippen molar-refractivity contribution >= 4 is 51.9 Å². The highest BCUT2D eigenvalue weighted by Crippen LogP contribution is 2.43. The quantitative estimate of drug-likeness (QED) is 0.185. The Hall–Kier alpha value is -4.24. The first-order chi connectivity index (χ1) is 21.8. The Kier molecular flexibility index (Phi) is 9.16. The van der Waals surface area contributed by atoms with Crippen LogP contribution < -0.4 is 24.3 Å². The molecule has 4 aromatic carbocycles. The number of benzene rings is 4. The average molecular weight is 646 g/mol. The van der Waals surface area contributed by atoms with Gasteiger partial charge < -0.3 is 19.1 Å². The summed E-state index contributed by atoms with van der Waals surface area (Å²) in [7, 11) is 1.60. The van der Waals surface area contributed by atoms with Crippen molar-refractivity contribution in [3.63, 3.8) is 0 Å². The molecule has 10 heteroatoms. The Labute approximate surface area is 273 Å². The molecular weight excluding hydrogens is 611 g/mol. The van der Waals surface area contributed by atoms with E-state index in [9.17, 15) is 4.79 Å². The summed E-state index contributed by atoms with van der Waals surface area (Å²) in [5.41, 5.74) is 5.33. The number of carbonyl (C=O) groups is 1. The predicted molar refractivity (Wildman–Crippen MR) is 180 cm³/mol. The Morgan fingerprint density at radius 2 is 1.64 bits per heavy atom. The number of amidine groups is 1. The molecule has 2 heterocycles. The highest BCUT2D eigenvalue weighted by molar-refractivity contribution is 6.44. The van der Waals surface area contributed by atoms with E-state index < -0.39 is 6.17 Å². The molecule has 0 spiro atoms. The van der Waals surface area contributed by atoms with Crippen molar-refractivity contribution in [2.24, 2.45) is 5.10 Å². The van der Waals surface area contributed by atoms with E-state index in [1.807, 2.05) is 102 Å². The van der Waals surface area contributed by atoms with E-state index in [1.165, 1.54) is 6.92 Å². The Morgan fingerprint density at radius 3 is 2.33 bits per heavy atom. The number of aryl methyl sites for hydroxylation is 1. The number of rotatable bonds is 9. The van der Waals surface area contributed by atoms with E-state index in [0.717, 1.165) is 46.8 Å². The van der Waals surface area contributed by atoms with Gasteiger partial charge in [0.15, 0.2) is 29.3 Å². The van der Waals surface area contributed by atoms with Crippen LogP contribution in [0.25, 0.3) is 0 Å². The first-order valence-electron chi connectivity index (χ1n) is 14.7. The summed E-state index contributed by atoms with van der Waals surface area (Å²) >= 11 is 13.3. The summed E-state index contributed by atoms with van der Waals surface area (Å²) in [6, 6.07) is 27.3. The minimum atomic E-state index is -0.525. The number of hydrazone groups is 1. The first kappa shape index (κ1) is 30.8. The van der Waals surface area contributed by atoms with Crippen LogP contribution >= 0.6 is 23.2 Å². The Bertz CT molecular complexity index is 1720. The van der Waals surface area contributed by atoms with Gasteiger partial charge in [0.2, 0.25) is 0 Å². The summed E-state index contributed by atoms with van der Waals surface area (Å²) in [6.45, 7) is 6.67. The molecule has 0 unspecified atom stereocenters. The lowest BCUT2D eigenvalue weighted by atomic mass is 10.1. The van der Waals surface area contributed by atoms with Crippen molar-refractivity contribution < 1.29 is 19.0 Å². The molecule has 0 aromatic heterocycles.